The molecule has 0 aliphatic carbocycles. The molecule has 1 aliphatic rings. The van der Waals surface area contributed by atoms with E-state index in [1.165, 1.54) is 11.1 Å². The molecule has 0 radical (unpaired) electrons. The van der Waals surface area contributed by atoms with Crippen molar-refractivity contribution in [2.45, 2.75) is 39.4 Å². The Morgan fingerprint density at radius 2 is 1.89 bits per heavy atom. The number of guanidine groups is 1. The third-order valence-electron chi connectivity index (χ3n) is 4.73. The van der Waals surface area contributed by atoms with E-state index < -0.39 is 0 Å². The Bertz CT molecular complexity index is 754. The largest absolute Gasteiger partial charge is 0.357 e. The van der Waals surface area contributed by atoms with Gasteiger partial charge in [-0.25, -0.2) is 4.99 Å². The van der Waals surface area contributed by atoms with Crippen molar-refractivity contribution in [1.29, 1.82) is 0 Å². The van der Waals surface area contributed by atoms with Crippen LogP contribution < -0.4 is 10.6 Å². The molecule has 144 valence electrons. The van der Waals surface area contributed by atoms with Gasteiger partial charge in [0.05, 0.1) is 6.54 Å². The van der Waals surface area contributed by atoms with E-state index in [1.807, 2.05) is 29.2 Å². The molecule has 27 heavy (non-hydrogen) atoms. The predicted octanol–water partition coefficient (Wildman–Crippen LogP) is 2.37. The lowest BCUT2D eigenvalue weighted by molar-refractivity contribution is -0.128. The number of carbonyl (C=O) groups excluding carboxylic acids is 1. The smallest absolute Gasteiger partial charge is 0.222 e. The second kappa shape index (κ2) is 9.80. The van der Waals surface area contributed by atoms with E-state index in [0.717, 1.165) is 38.6 Å². The van der Waals surface area contributed by atoms with Crippen LogP contribution in [-0.4, -0.2) is 41.0 Å². The Balaban J connectivity index is 1.60. The Morgan fingerprint density at radius 3 is 2.59 bits per heavy atom. The molecular formula is C21H29N5O. The summed E-state index contributed by atoms with van der Waals surface area (Å²) in [6.45, 7) is 6.73. The van der Waals surface area contributed by atoms with Crippen LogP contribution in [0.4, 0.5) is 0 Å². The molecule has 1 aliphatic heterocycles. The maximum atomic E-state index is 11.9. The number of likely N-dealkylation sites (tertiary alicyclic amines) is 1. The van der Waals surface area contributed by atoms with Crippen molar-refractivity contribution in [3.63, 3.8) is 0 Å². The topological polar surface area (TPSA) is 61.7 Å². The molecular weight excluding hydrogens is 338 g/mol. The van der Waals surface area contributed by atoms with E-state index in [-0.39, 0.29) is 5.91 Å². The zero-order valence-corrected chi connectivity index (χ0v) is 16.0. The van der Waals surface area contributed by atoms with Crippen LogP contribution in [0.25, 0.3) is 0 Å². The van der Waals surface area contributed by atoms with E-state index in [1.54, 1.807) is 0 Å². The van der Waals surface area contributed by atoms with Crippen LogP contribution in [0.3, 0.4) is 0 Å². The van der Waals surface area contributed by atoms with Gasteiger partial charge >= 0.3 is 0 Å². The lowest BCUT2D eigenvalue weighted by Crippen LogP contribution is -2.38. The summed E-state index contributed by atoms with van der Waals surface area (Å²) >= 11 is 0. The highest BCUT2D eigenvalue weighted by Gasteiger charge is 2.20. The van der Waals surface area contributed by atoms with Gasteiger partial charge in [0.25, 0.3) is 0 Å². The monoisotopic (exact) mass is 367 g/mol. The number of hydrogen-bond donors (Lipinski definition) is 2. The van der Waals surface area contributed by atoms with Gasteiger partial charge in [0, 0.05) is 51.5 Å². The fourth-order valence-electron chi connectivity index (χ4n) is 3.27. The number of aliphatic imine (C=N–C) groups is 1. The molecule has 1 aromatic carbocycles. The van der Waals surface area contributed by atoms with Crippen molar-refractivity contribution in [2.75, 3.05) is 19.6 Å². The van der Waals surface area contributed by atoms with Crippen molar-refractivity contribution >= 4 is 11.9 Å². The summed E-state index contributed by atoms with van der Waals surface area (Å²) < 4.78 is 2.14. The number of carbonyl (C=O) groups is 1. The molecule has 6 nitrogen and oxygen atoms in total. The number of aromatic nitrogens is 1. The molecule has 0 atom stereocenters. The number of rotatable bonds is 8. The maximum Gasteiger partial charge on any atom is 0.222 e. The maximum absolute atomic E-state index is 11.9. The number of nitrogens with zero attached hydrogens (tertiary/aromatic N) is 3. The highest BCUT2D eigenvalue weighted by molar-refractivity contribution is 5.79. The Labute approximate surface area is 161 Å². The summed E-state index contributed by atoms with van der Waals surface area (Å²) in [5.41, 5.74) is 2.35. The summed E-state index contributed by atoms with van der Waals surface area (Å²) in [5, 5.41) is 6.68. The highest BCUT2D eigenvalue weighted by Crippen LogP contribution is 2.17. The first-order valence-electron chi connectivity index (χ1n) is 9.73. The predicted molar refractivity (Wildman–Crippen MR) is 108 cm³/mol. The summed E-state index contributed by atoms with van der Waals surface area (Å²) in [7, 11) is 0. The third-order valence-corrected chi connectivity index (χ3v) is 4.73. The SMILES string of the molecule is CCNC(=NCc1ccccc1CN1CCCC1=O)NCCn1cccc1. The van der Waals surface area contributed by atoms with E-state index in [2.05, 4.69) is 46.7 Å². The molecule has 1 aromatic heterocycles. The molecule has 0 spiro atoms. The number of amides is 1. The molecule has 1 saturated heterocycles. The van der Waals surface area contributed by atoms with Crippen LogP contribution in [0.15, 0.2) is 53.8 Å². The quantitative estimate of drug-likeness (QED) is 0.556. The summed E-state index contributed by atoms with van der Waals surface area (Å²) in [4.78, 5) is 18.6. The van der Waals surface area contributed by atoms with Gasteiger partial charge in [0.2, 0.25) is 5.91 Å². The molecule has 1 amide bonds. The second-order valence-electron chi connectivity index (χ2n) is 6.73. The average Bonchev–Trinajstić information content (AvgIpc) is 3.33. The third kappa shape index (κ3) is 5.61. The van der Waals surface area contributed by atoms with Gasteiger partial charge in [-0.2, -0.15) is 0 Å². The van der Waals surface area contributed by atoms with Gasteiger partial charge in [0.15, 0.2) is 5.96 Å². The van der Waals surface area contributed by atoms with Gasteiger partial charge in [-0.15, -0.1) is 0 Å². The summed E-state index contributed by atoms with van der Waals surface area (Å²) in [5.74, 6) is 1.07. The number of benzene rings is 1. The lowest BCUT2D eigenvalue weighted by Gasteiger charge is -2.18. The summed E-state index contributed by atoms with van der Waals surface area (Å²) in [6, 6.07) is 12.3. The van der Waals surface area contributed by atoms with Crippen LogP contribution >= 0.6 is 0 Å². The van der Waals surface area contributed by atoms with Gasteiger partial charge in [-0.3, -0.25) is 4.79 Å². The van der Waals surface area contributed by atoms with Crippen LogP contribution in [0.1, 0.15) is 30.9 Å². The van der Waals surface area contributed by atoms with Crippen LogP contribution in [-0.2, 0) is 24.4 Å². The van der Waals surface area contributed by atoms with E-state index >= 15 is 0 Å². The Morgan fingerprint density at radius 1 is 1.11 bits per heavy atom. The molecule has 2 aromatic rings. The first-order valence-corrected chi connectivity index (χ1v) is 9.73. The standard InChI is InChI=1S/C21H29N5O/c1-2-22-21(23-11-15-25-12-5-6-13-25)24-16-18-8-3-4-9-19(18)17-26-14-7-10-20(26)27/h3-6,8-9,12-13H,2,7,10-11,14-17H2,1H3,(H2,22,23,24). The van der Waals surface area contributed by atoms with Crippen molar-refractivity contribution in [3.05, 3.63) is 59.9 Å². The fourth-order valence-corrected chi connectivity index (χ4v) is 3.27. The van der Waals surface area contributed by atoms with Crippen molar-refractivity contribution in [3.8, 4) is 0 Å². The molecule has 2 heterocycles. The van der Waals surface area contributed by atoms with Crippen molar-refractivity contribution < 1.29 is 4.79 Å². The summed E-state index contributed by atoms with van der Waals surface area (Å²) in [6.07, 6.45) is 5.76. The second-order valence-corrected chi connectivity index (χ2v) is 6.73. The minimum absolute atomic E-state index is 0.258. The van der Waals surface area contributed by atoms with Crippen molar-refractivity contribution in [2.24, 2.45) is 4.99 Å². The van der Waals surface area contributed by atoms with E-state index in [9.17, 15) is 4.79 Å². The molecule has 2 N–H and O–H groups in total. The van der Waals surface area contributed by atoms with Crippen LogP contribution in [0, 0.1) is 0 Å². The first kappa shape index (κ1) is 19.0. The van der Waals surface area contributed by atoms with E-state index in [4.69, 9.17) is 4.99 Å². The van der Waals surface area contributed by atoms with Crippen LogP contribution in [0.2, 0.25) is 0 Å². The highest BCUT2D eigenvalue weighted by atomic mass is 16.2. The molecule has 0 saturated carbocycles. The molecule has 0 bridgehead atoms. The molecule has 0 unspecified atom stereocenters. The zero-order chi connectivity index (χ0) is 18.9. The minimum atomic E-state index is 0.258. The Kier molecular flexibility index (Phi) is 6.90. The van der Waals surface area contributed by atoms with E-state index in [0.29, 0.717) is 19.5 Å². The number of hydrogen-bond acceptors (Lipinski definition) is 2. The van der Waals surface area contributed by atoms with Gasteiger partial charge in [-0.05, 0) is 36.6 Å². The average molecular weight is 367 g/mol. The van der Waals surface area contributed by atoms with Crippen molar-refractivity contribution in [1.82, 2.24) is 20.1 Å². The fraction of sp³-hybridized carbons (Fsp3) is 0.429. The van der Waals surface area contributed by atoms with Crippen LogP contribution in [0.5, 0.6) is 0 Å². The molecule has 6 heteroatoms. The molecule has 1 fully saturated rings. The van der Waals surface area contributed by atoms with Gasteiger partial charge < -0.3 is 20.1 Å². The Hall–Kier alpha value is -2.76. The van der Waals surface area contributed by atoms with Gasteiger partial charge in [-0.1, -0.05) is 24.3 Å². The van der Waals surface area contributed by atoms with Gasteiger partial charge in [0.1, 0.15) is 0 Å². The lowest BCUT2D eigenvalue weighted by atomic mass is 10.1. The number of nitrogens with one attached hydrogen (secondary N) is 2. The zero-order valence-electron chi connectivity index (χ0n) is 16.0. The molecule has 3 rings (SSSR count). The minimum Gasteiger partial charge on any atom is -0.357 e. The normalized spacial score (nSPS) is 14.6. The first-order chi connectivity index (χ1) is 13.3.